The maximum Gasteiger partial charge on any atom is 0.225 e. The van der Waals surface area contributed by atoms with Crippen molar-refractivity contribution in [3.8, 4) is 11.3 Å². The highest BCUT2D eigenvalue weighted by atomic mass is 16.2. The molecule has 0 spiro atoms. The van der Waals surface area contributed by atoms with Gasteiger partial charge in [0.15, 0.2) is 5.82 Å². The number of hydrogen-bond donors (Lipinski definition) is 1. The van der Waals surface area contributed by atoms with Crippen LogP contribution >= 0.6 is 0 Å². The van der Waals surface area contributed by atoms with Gasteiger partial charge in [-0.05, 0) is 50.8 Å². The second kappa shape index (κ2) is 8.72. The van der Waals surface area contributed by atoms with Crippen molar-refractivity contribution in [2.24, 2.45) is 5.92 Å². The maximum atomic E-state index is 12.7. The average Bonchev–Trinajstić information content (AvgIpc) is 2.75. The lowest BCUT2D eigenvalue weighted by Crippen LogP contribution is -2.46. The van der Waals surface area contributed by atoms with Crippen LogP contribution in [0.25, 0.3) is 11.3 Å². The molecule has 1 aliphatic heterocycles. The monoisotopic (exact) mass is 378 g/mol. The summed E-state index contributed by atoms with van der Waals surface area (Å²) in [5, 5.41) is 12.2. The second-order valence-electron chi connectivity index (χ2n) is 8.27. The zero-order valence-corrected chi connectivity index (χ0v) is 16.7. The van der Waals surface area contributed by atoms with Gasteiger partial charge in [-0.1, -0.05) is 43.0 Å². The third-order valence-corrected chi connectivity index (χ3v) is 6.03. The number of amides is 1. The summed E-state index contributed by atoms with van der Waals surface area (Å²) in [4.78, 5) is 15.0. The third-order valence-electron chi connectivity index (χ3n) is 6.03. The summed E-state index contributed by atoms with van der Waals surface area (Å²) in [7, 11) is 0. The van der Waals surface area contributed by atoms with Gasteiger partial charge in [-0.25, -0.2) is 0 Å². The molecule has 1 amide bonds. The Morgan fingerprint density at radius 3 is 2.64 bits per heavy atom. The number of aromatic nitrogens is 2. The van der Waals surface area contributed by atoms with E-state index in [-0.39, 0.29) is 11.8 Å². The summed E-state index contributed by atoms with van der Waals surface area (Å²) in [5.74, 6) is 1.14. The SMILES string of the molecule is Cc1cccc(-c2ccc(N3CCC[C@H](C(=O)NC4CCCCC4)C3)nn2)c1. The van der Waals surface area contributed by atoms with Crippen LogP contribution in [0.2, 0.25) is 0 Å². The Balaban J connectivity index is 1.39. The van der Waals surface area contributed by atoms with Crippen molar-refractivity contribution in [2.45, 2.75) is 57.9 Å². The van der Waals surface area contributed by atoms with E-state index in [1.165, 1.54) is 24.8 Å². The summed E-state index contributed by atoms with van der Waals surface area (Å²) in [6, 6.07) is 12.7. The van der Waals surface area contributed by atoms with Gasteiger partial charge in [-0.2, -0.15) is 0 Å². The fraction of sp³-hybridized carbons (Fsp3) is 0.522. The van der Waals surface area contributed by atoms with Crippen LogP contribution in [-0.2, 0) is 4.79 Å². The number of carbonyl (C=O) groups is 1. The van der Waals surface area contributed by atoms with Crippen LogP contribution in [0.3, 0.4) is 0 Å². The highest BCUT2D eigenvalue weighted by Gasteiger charge is 2.28. The highest BCUT2D eigenvalue weighted by Crippen LogP contribution is 2.25. The van der Waals surface area contributed by atoms with Crippen molar-refractivity contribution in [2.75, 3.05) is 18.0 Å². The van der Waals surface area contributed by atoms with Crippen LogP contribution in [0.4, 0.5) is 5.82 Å². The number of piperidine rings is 1. The Bertz CT molecular complexity index is 799. The van der Waals surface area contributed by atoms with Gasteiger partial charge in [-0.3, -0.25) is 4.79 Å². The van der Waals surface area contributed by atoms with E-state index < -0.39 is 0 Å². The van der Waals surface area contributed by atoms with E-state index in [0.717, 1.165) is 55.8 Å². The zero-order valence-electron chi connectivity index (χ0n) is 16.7. The molecule has 5 heteroatoms. The molecule has 1 saturated heterocycles. The summed E-state index contributed by atoms with van der Waals surface area (Å²) in [6.07, 6.45) is 8.03. The quantitative estimate of drug-likeness (QED) is 0.870. The molecule has 0 unspecified atom stereocenters. The van der Waals surface area contributed by atoms with Gasteiger partial charge in [0.05, 0.1) is 11.6 Å². The number of benzene rings is 1. The molecule has 1 aromatic carbocycles. The minimum absolute atomic E-state index is 0.0499. The molecule has 2 fully saturated rings. The zero-order chi connectivity index (χ0) is 19.3. The van der Waals surface area contributed by atoms with Gasteiger partial charge in [0.2, 0.25) is 5.91 Å². The Morgan fingerprint density at radius 2 is 1.89 bits per heavy atom. The number of nitrogens with zero attached hydrogens (tertiary/aromatic N) is 3. The van der Waals surface area contributed by atoms with E-state index in [9.17, 15) is 4.79 Å². The number of rotatable bonds is 4. The number of aryl methyl sites for hydroxylation is 1. The molecular formula is C23H30N4O. The summed E-state index contributed by atoms with van der Waals surface area (Å²) < 4.78 is 0. The van der Waals surface area contributed by atoms with Crippen LogP contribution in [0, 0.1) is 12.8 Å². The van der Waals surface area contributed by atoms with Gasteiger partial charge in [0.1, 0.15) is 0 Å². The van der Waals surface area contributed by atoms with Crippen molar-refractivity contribution in [1.29, 1.82) is 0 Å². The van der Waals surface area contributed by atoms with Crippen molar-refractivity contribution in [3.63, 3.8) is 0 Å². The standard InChI is InChI=1S/C23H30N4O/c1-17-7-5-8-18(15-17)21-12-13-22(26-25-21)27-14-6-9-19(16-27)23(28)24-20-10-3-2-4-11-20/h5,7-8,12-13,15,19-20H,2-4,6,9-11,14,16H2,1H3,(H,24,28)/t19-/m0/s1. The average molecular weight is 379 g/mol. The predicted molar refractivity (Wildman–Crippen MR) is 112 cm³/mol. The lowest BCUT2D eigenvalue weighted by atomic mass is 9.93. The van der Waals surface area contributed by atoms with Crippen LogP contribution in [-0.4, -0.2) is 35.2 Å². The van der Waals surface area contributed by atoms with Crippen LogP contribution in [0.15, 0.2) is 36.4 Å². The molecule has 0 radical (unpaired) electrons. The first-order valence-corrected chi connectivity index (χ1v) is 10.6. The largest absolute Gasteiger partial charge is 0.354 e. The lowest BCUT2D eigenvalue weighted by Gasteiger charge is -2.34. The molecule has 5 nitrogen and oxygen atoms in total. The van der Waals surface area contributed by atoms with Gasteiger partial charge in [-0.15, -0.1) is 10.2 Å². The minimum Gasteiger partial charge on any atom is -0.354 e. The Kier molecular flexibility index (Phi) is 5.89. The fourth-order valence-electron chi connectivity index (χ4n) is 4.42. The molecule has 28 heavy (non-hydrogen) atoms. The molecule has 2 heterocycles. The summed E-state index contributed by atoms with van der Waals surface area (Å²) >= 11 is 0. The van der Waals surface area contributed by atoms with Crippen molar-refractivity contribution in [1.82, 2.24) is 15.5 Å². The summed E-state index contributed by atoms with van der Waals surface area (Å²) in [5.41, 5.74) is 3.18. The van der Waals surface area contributed by atoms with Crippen LogP contribution < -0.4 is 10.2 Å². The molecule has 1 saturated carbocycles. The van der Waals surface area contributed by atoms with E-state index in [2.05, 4.69) is 45.5 Å². The first-order valence-electron chi connectivity index (χ1n) is 10.6. The van der Waals surface area contributed by atoms with E-state index in [4.69, 9.17) is 0 Å². The van der Waals surface area contributed by atoms with E-state index >= 15 is 0 Å². The molecule has 0 bridgehead atoms. The van der Waals surface area contributed by atoms with Gasteiger partial charge in [0, 0.05) is 24.7 Å². The number of nitrogens with one attached hydrogen (secondary N) is 1. The molecule has 1 N–H and O–H groups in total. The van der Waals surface area contributed by atoms with Crippen molar-refractivity contribution >= 4 is 11.7 Å². The van der Waals surface area contributed by atoms with Crippen LogP contribution in [0.1, 0.15) is 50.5 Å². The van der Waals surface area contributed by atoms with E-state index in [0.29, 0.717) is 6.04 Å². The van der Waals surface area contributed by atoms with Crippen molar-refractivity contribution in [3.05, 3.63) is 42.0 Å². The first kappa shape index (κ1) is 18.9. The molecule has 1 aromatic heterocycles. The molecule has 148 valence electrons. The normalized spacial score (nSPS) is 20.8. The first-order chi connectivity index (χ1) is 13.7. The van der Waals surface area contributed by atoms with Gasteiger partial charge >= 0.3 is 0 Å². The second-order valence-corrected chi connectivity index (χ2v) is 8.27. The molecule has 4 rings (SSSR count). The number of carbonyl (C=O) groups excluding carboxylic acids is 1. The lowest BCUT2D eigenvalue weighted by molar-refractivity contribution is -0.126. The highest BCUT2D eigenvalue weighted by molar-refractivity contribution is 5.79. The molecule has 2 aromatic rings. The smallest absolute Gasteiger partial charge is 0.225 e. The van der Waals surface area contributed by atoms with E-state index in [1.807, 2.05) is 18.2 Å². The number of hydrogen-bond acceptors (Lipinski definition) is 4. The summed E-state index contributed by atoms with van der Waals surface area (Å²) in [6.45, 7) is 3.75. The van der Waals surface area contributed by atoms with Crippen molar-refractivity contribution < 1.29 is 4.79 Å². The maximum absolute atomic E-state index is 12.7. The fourth-order valence-corrected chi connectivity index (χ4v) is 4.42. The Hall–Kier alpha value is -2.43. The third kappa shape index (κ3) is 4.51. The van der Waals surface area contributed by atoms with Gasteiger partial charge in [0.25, 0.3) is 0 Å². The Labute approximate surface area is 167 Å². The molecule has 1 aliphatic carbocycles. The number of anilines is 1. The predicted octanol–water partition coefficient (Wildman–Crippen LogP) is 4.12. The minimum atomic E-state index is 0.0499. The van der Waals surface area contributed by atoms with Crippen LogP contribution in [0.5, 0.6) is 0 Å². The molecular weight excluding hydrogens is 348 g/mol. The van der Waals surface area contributed by atoms with Gasteiger partial charge < -0.3 is 10.2 Å². The van der Waals surface area contributed by atoms with E-state index in [1.54, 1.807) is 0 Å². The molecule has 1 atom stereocenters. The topological polar surface area (TPSA) is 58.1 Å². The molecule has 2 aliphatic rings. The Morgan fingerprint density at radius 1 is 1.04 bits per heavy atom.